The monoisotopic (exact) mass is 466 g/mol. The van der Waals surface area contributed by atoms with E-state index in [1.807, 2.05) is 0 Å². The standard InChI is InChI=1S/C31H38N4/c1-5-34(6-2)28-18-14-25(15-19-28)22-23-31(27-12-10-9-11-13-27)24-30(32-33-31)26-16-20-29(21-17-26)35(7-3)8-4/h9-23,30H,5-8,24H2,1-4H3. The highest BCUT2D eigenvalue weighted by Crippen LogP contribution is 2.45. The van der Waals surface area contributed by atoms with Crippen LogP contribution >= 0.6 is 0 Å². The second-order valence-electron chi connectivity index (χ2n) is 9.09. The summed E-state index contributed by atoms with van der Waals surface area (Å²) in [6, 6.07) is 28.3. The molecule has 35 heavy (non-hydrogen) atoms. The molecule has 2 atom stereocenters. The molecule has 1 aliphatic heterocycles. The van der Waals surface area contributed by atoms with Crippen molar-refractivity contribution in [1.82, 2.24) is 0 Å². The first-order valence-electron chi connectivity index (χ1n) is 13.0. The van der Waals surface area contributed by atoms with Crippen LogP contribution in [-0.2, 0) is 5.54 Å². The number of anilines is 2. The number of rotatable bonds is 10. The minimum absolute atomic E-state index is 0.0515. The van der Waals surface area contributed by atoms with Gasteiger partial charge >= 0.3 is 0 Å². The lowest BCUT2D eigenvalue weighted by Gasteiger charge is -2.23. The third-order valence-electron chi connectivity index (χ3n) is 7.13. The van der Waals surface area contributed by atoms with E-state index in [4.69, 9.17) is 10.2 Å². The van der Waals surface area contributed by atoms with Crippen LogP contribution in [0.3, 0.4) is 0 Å². The van der Waals surface area contributed by atoms with Crippen molar-refractivity contribution in [2.75, 3.05) is 36.0 Å². The molecule has 0 aromatic heterocycles. The number of azo groups is 1. The zero-order chi connectivity index (χ0) is 24.7. The molecule has 0 fully saturated rings. The number of hydrogen-bond donors (Lipinski definition) is 0. The summed E-state index contributed by atoms with van der Waals surface area (Å²) >= 11 is 0. The second kappa shape index (κ2) is 11.4. The van der Waals surface area contributed by atoms with Crippen molar-refractivity contribution in [3.8, 4) is 0 Å². The molecule has 3 aromatic carbocycles. The van der Waals surface area contributed by atoms with Crippen LogP contribution in [0, 0.1) is 0 Å². The number of benzene rings is 3. The molecule has 3 aromatic rings. The molecule has 2 unspecified atom stereocenters. The van der Waals surface area contributed by atoms with Gasteiger partial charge in [-0.05, 0) is 68.7 Å². The maximum absolute atomic E-state index is 4.89. The Labute approximate surface area is 211 Å². The highest BCUT2D eigenvalue weighted by molar-refractivity contribution is 5.58. The summed E-state index contributed by atoms with van der Waals surface area (Å²) in [5.41, 5.74) is 5.65. The van der Waals surface area contributed by atoms with Crippen molar-refractivity contribution >= 4 is 17.5 Å². The summed E-state index contributed by atoms with van der Waals surface area (Å²) in [6.07, 6.45) is 5.27. The summed E-state index contributed by atoms with van der Waals surface area (Å²) in [7, 11) is 0. The van der Waals surface area contributed by atoms with Crippen LogP contribution in [-0.4, -0.2) is 26.2 Å². The Kier molecular flexibility index (Phi) is 8.02. The highest BCUT2D eigenvalue weighted by Gasteiger charge is 2.38. The van der Waals surface area contributed by atoms with Crippen LogP contribution in [0.5, 0.6) is 0 Å². The smallest absolute Gasteiger partial charge is 0.127 e. The predicted octanol–water partition coefficient (Wildman–Crippen LogP) is 7.88. The molecule has 0 saturated heterocycles. The molecule has 182 valence electrons. The molecule has 0 radical (unpaired) electrons. The van der Waals surface area contributed by atoms with Crippen molar-refractivity contribution in [1.29, 1.82) is 0 Å². The fraction of sp³-hybridized carbons (Fsp3) is 0.355. The molecule has 0 aliphatic carbocycles. The first-order chi connectivity index (χ1) is 17.1. The highest BCUT2D eigenvalue weighted by atomic mass is 15.2. The van der Waals surface area contributed by atoms with Gasteiger partial charge in [0.1, 0.15) is 5.54 Å². The van der Waals surface area contributed by atoms with Crippen molar-refractivity contribution in [3.05, 3.63) is 102 Å². The molecule has 4 heteroatoms. The van der Waals surface area contributed by atoms with E-state index in [-0.39, 0.29) is 6.04 Å². The fourth-order valence-electron chi connectivity index (χ4n) is 4.95. The molecule has 4 rings (SSSR count). The molecule has 0 bridgehead atoms. The quantitative estimate of drug-likeness (QED) is 0.304. The van der Waals surface area contributed by atoms with Gasteiger partial charge < -0.3 is 9.80 Å². The summed E-state index contributed by atoms with van der Waals surface area (Å²) in [6.45, 7) is 12.8. The summed E-state index contributed by atoms with van der Waals surface area (Å²) in [5, 5.41) is 9.67. The van der Waals surface area contributed by atoms with Gasteiger partial charge in [-0.1, -0.05) is 66.7 Å². The zero-order valence-electron chi connectivity index (χ0n) is 21.6. The molecule has 0 spiro atoms. The Bertz CT molecular complexity index is 1110. The Hall–Kier alpha value is -3.40. The van der Waals surface area contributed by atoms with Crippen molar-refractivity contribution in [3.63, 3.8) is 0 Å². The van der Waals surface area contributed by atoms with Gasteiger partial charge in [-0.3, -0.25) is 0 Å². The van der Waals surface area contributed by atoms with Gasteiger partial charge in [0, 0.05) is 44.0 Å². The van der Waals surface area contributed by atoms with Gasteiger partial charge in [-0.25, -0.2) is 0 Å². The maximum atomic E-state index is 4.89. The van der Waals surface area contributed by atoms with Gasteiger partial charge in [0.25, 0.3) is 0 Å². The SMILES string of the molecule is CCN(CC)c1ccc(C=CC2(c3ccccc3)CC(c3ccc(N(CC)CC)cc3)N=N2)cc1. The van der Waals surface area contributed by atoms with Gasteiger partial charge in [0.05, 0.1) is 6.04 Å². The number of hydrogen-bond acceptors (Lipinski definition) is 4. The Morgan fingerprint density at radius 2 is 1.29 bits per heavy atom. The Balaban J connectivity index is 1.58. The maximum Gasteiger partial charge on any atom is 0.127 e. The lowest BCUT2D eigenvalue weighted by molar-refractivity contribution is 0.539. The van der Waals surface area contributed by atoms with Crippen LogP contribution in [0.4, 0.5) is 11.4 Å². The largest absolute Gasteiger partial charge is 0.372 e. The predicted molar refractivity (Wildman–Crippen MR) is 149 cm³/mol. The van der Waals surface area contributed by atoms with Crippen LogP contribution in [0.15, 0.2) is 95.2 Å². The third kappa shape index (κ3) is 5.48. The van der Waals surface area contributed by atoms with Crippen molar-refractivity contribution in [2.24, 2.45) is 10.2 Å². The topological polar surface area (TPSA) is 31.2 Å². The van der Waals surface area contributed by atoms with Crippen LogP contribution in [0.25, 0.3) is 6.08 Å². The second-order valence-corrected chi connectivity index (χ2v) is 9.09. The first kappa shape index (κ1) is 24.7. The lowest BCUT2D eigenvalue weighted by Crippen LogP contribution is -2.21. The summed E-state index contributed by atoms with van der Waals surface area (Å²) in [5.74, 6) is 0. The first-order valence-corrected chi connectivity index (χ1v) is 13.0. The normalized spacial score (nSPS) is 19.4. The molecule has 1 aliphatic rings. The van der Waals surface area contributed by atoms with E-state index in [0.717, 1.165) is 32.6 Å². The van der Waals surface area contributed by atoms with Gasteiger partial charge in [0.15, 0.2) is 0 Å². The molecular weight excluding hydrogens is 428 g/mol. The van der Waals surface area contributed by atoms with Crippen LogP contribution in [0.1, 0.15) is 56.8 Å². The molecule has 0 saturated carbocycles. The van der Waals surface area contributed by atoms with E-state index in [9.17, 15) is 0 Å². The Morgan fingerprint density at radius 1 is 0.743 bits per heavy atom. The van der Waals surface area contributed by atoms with Crippen LogP contribution in [0.2, 0.25) is 0 Å². The minimum atomic E-state index is -0.457. The van der Waals surface area contributed by atoms with E-state index >= 15 is 0 Å². The fourth-order valence-corrected chi connectivity index (χ4v) is 4.95. The molecule has 4 nitrogen and oxygen atoms in total. The summed E-state index contributed by atoms with van der Waals surface area (Å²) in [4.78, 5) is 4.72. The third-order valence-corrected chi connectivity index (χ3v) is 7.13. The lowest BCUT2D eigenvalue weighted by atomic mass is 9.83. The van der Waals surface area contributed by atoms with Crippen molar-refractivity contribution < 1.29 is 0 Å². The number of nitrogens with zero attached hydrogens (tertiary/aromatic N) is 4. The van der Waals surface area contributed by atoms with Crippen molar-refractivity contribution in [2.45, 2.75) is 45.7 Å². The van der Waals surface area contributed by atoms with Gasteiger partial charge in [-0.2, -0.15) is 10.2 Å². The molecule has 0 N–H and O–H groups in total. The van der Waals surface area contributed by atoms with Crippen LogP contribution < -0.4 is 9.80 Å². The van der Waals surface area contributed by atoms with Gasteiger partial charge in [-0.15, -0.1) is 0 Å². The average Bonchev–Trinajstić information content (AvgIpc) is 3.36. The van der Waals surface area contributed by atoms with E-state index in [1.54, 1.807) is 0 Å². The molecule has 0 amide bonds. The van der Waals surface area contributed by atoms with E-state index in [0.29, 0.717) is 0 Å². The molecule has 1 heterocycles. The minimum Gasteiger partial charge on any atom is -0.372 e. The average molecular weight is 467 g/mol. The zero-order valence-corrected chi connectivity index (χ0v) is 21.6. The van der Waals surface area contributed by atoms with E-state index in [1.165, 1.54) is 28.1 Å². The van der Waals surface area contributed by atoms with E-state index < -0.39 is 5.54 Å². The molecular formula is C31H38N4. The van der Waals surface area contributed by atoms with Gasteiger partial charge in [0.2, 0.25) is 0 Å². The van der Waals surface area contributed by atoms with E-state index in [2.05, 4.69) is 129 Å². The Morgan fingerprint density at radius 3 is 1.83 bits per heavy atom. The summed E-state index contributed by atoms with van der Waals surface area (Å²) < 4.78 is 0.